The normalized spacial score (nSPS) is 10.3. The monoisotopic (exact) mass is 265 g/mol. The summed E-state index contributed by atoms with van der Waals surface area (Å²) in [5.41, 5.74) is 2.76. The van der Waals surface area contributed by atoms with E-state index in [1.807, 2.05) is 0 Å². The molecule has 2 aromatic heterocycles. The molecule has 4 N–H and O–H groups in total. The van der Waals surface area contributed by atoms with Gasteiger partial charge in [-0.15, -0.1) is 5.10 Å². The molecule has 19 heavy (non-hydrogen) atoms. The molecule has 0 aliphatic carbocycles. The number of hydrogen-bond acceptors (Lipinski definition) is 8. The Morgan fingerprint density at radius 2 is 2.21 bits per heavy atom. The number of aromatic amines is 1. The Hall–Kier alpha value is -2.75. The third kappa shape index (κ3) is 2.57. The van der Waals surface area contributed by atoms with Gasteiger partial charge in [0.1, 0.15) is 5.69 Å². The van der Waals surface area contributed by atoms with Gasteiger partial charge in [-0.25, -0.2) is 10.8 Å². The van der Waals surface area contributed by atoms with Gasteiger partial charge in [-0.3, -0.25) is 20.6 Å². The summed E-state index contributed by atoms with van der Waals surface area (Å²) in [7, 11) is 0. The quantitative estimate of drug-likeness (QED) is 0.418. The number of ether oxygens (including phenoxy) is 1. The van der Waals surface area contributed by atoms with Crippen molar-refractivity contribution in [1.82, 2.24) is 20.2 Å². The Kier molecular flexibility index (Phi) is 3.25. The summed E-state index contributed by atoms with van der Waals surface area (Å²) in [5, 5.41) is 17.5. The van der Waals surface area contributed by atoms with Gasteiger partial charge < -0.3 is 4.74 Å². The Morgan fingerprint density at radius 1 is 1.47 bits per heavy atom. The number of nitrogens with zero attached hydrogens (tertiary/aromatic N) is 4. The zero-order valence-corrected chi connectivity index (χ0v) is 10.2. The lowest BCUT2D eigenvalue weighted by Crippen LogP contribution is -2.12. The highest BCUT2D eigenvalue weighted by Crippen LogP contribution is 2.31. The van der Waals surface area contributed by atoms with Gasteiger partial charge in [-0.1, -0.05) is 0 Å². The average molecular weight is 265 g/mol. The molecule has 0 spiro atoms. The Balaban J connectivity index is 2.47. The molecule has 0 saturated heterocycles. The number of hydrazine groups is 1. The van der Waals surface area contributed by atoms with Gasteiger partial charge in [0.15, 0.2) is 0 Å². The predicted octanol–water partition coefficient (Wildman–Crippen LogP) is 0.803. The largest absolute Gasteiger partial charge is 0.413 e. The van der Waals surface area contributed by atoms with Crippen molar-refractivity contribution in [3.8, 4) is 11.8 Å². The molecule has 0 amide bonds. The van der Waals surface area contributed by atoms with Crippen LogP contribution in [0.4, 0.5) is 11.6 Å². The maximum atomic E-state index is 11.0. The van der Waals surface area contributed by atoms with E-state index < -0.39 is 4.92 Å². The van der Waals surface area contributed by atoms with Gasteiger partial charge in [0, 0.05) is 11.8 Å². The van der Waals surface area contributed by atoms with Crippen molar-refractivity contribution in [2.45, 2.75) is 13.8 Å². The van der Waals surface area contributed by atoms with Crippen molar-refractivity contribution in [2.24, 2.45) is 5.84 Å². The molecule has 100 valence electrons. The van der Waals surface area contributed by atoms with Crippen molar-refractivity contribution in [2.75, 3.05) is 5.43 Å². The summed E-state index contributed by atoms with van der Waals surface area (Å²) in [5.74, 6) is 5.15. The molecular weight excluding hydrogens is 254 g/mol. The highest BCUT2D eigenvalue weighted by atomic mass is 16.6. The van der Waals surface area contributed by atoms with Gasteiger partial charge in [-0.2, -0.15) is 4.98 Å². The first-order valence-electron chi connectivity index (χ1n) is 5.20. The van der Waals surface area contributed by atoms with E-state index in [-0.39, 0.29) is 29.1 Å². The molecule has 2 heterocycles. The molecule has 0 atom stereocenters. The zero-order chi connectivity index (χ0) is 14.0. The number of nitrogens with two attached hydrogens (primary N) is 1. The standard InChI is InChI=1S/C9H11N7O3/c1-4-3-6(15-14-4)19-8-7(16(17)18)5(2)11-9(12-8)13-10/h3H,10H2,1-2H3,(H,14,15)(H,11,12,13). The minimum atomic E-state index is -0.621. The number of anilines is 1. The average Bonchev–Trinajstić information content (AvgIpc) is 2.73. The summed E-state index contributed by atoms with van der Waals surface area (Å²) in [6.07, 6.45) is 0. The van der Waals surface area contributed by atoms with Crippen molar-refractivity contribution >= 4 is 11.6 Å². The van der Waals surface area contributed by atoms with Crippen LogP contribution in [-0.4, -0.2) is 25.1 Å². The predicted molar refractivity (Wildman–Crippen MR) is 64.6 cm³/mol. The Bertz CT molecular complexity index is 624. The number of nitrogen functional groups attached to an aromatic ring is 1. The van der Waals surface area contributed by atoms with E-state index in [1.165, 1.54) is 6.92 Å². The molecule has 0 aliphatic rings. The number of rotatable bonds is 4. The number of nitrogens with one attached hydrogen (secondary N) is 2. The summed E-state index contributed by atoms with van der Waals surface area (Å²) >= 11 is 0. The fourth-order valence-corrected chi connectivity index (χ4v) is 1.43. The van der Waals surface area contributed by atoms with Crippen LogP contribution >= 0.6 is 0 Å². The van der Waals surface area contributed by atoms with Gasteiger partial charge in [0.25, 0.3) is 0 Å². The minimum Gasteiger partial charge on any atom is -0.413 e. The number of nitro groups is 1. The van der Waals surface area contributed by atoms with Crippen LogP contribution in [0.5, 0.6) is 11.8 Å². The lowest BCUT2D eigenvalue weighted by atomic mass is 10.3. The number of aryl methyl sites for hydroxylation is 2. The van der Waals surface area contributed by atoms with E-state index in [9.17, 15) is 10.1 Å². The molecule has 0 radical (unpaired) electrons. The highest BCUT2D eigenvalue weighted by molar-refractivity contribution is 5.49. The third-order valence-corrected chi connectivity index (χ3v) is 2.22. The fraction of sp³-hybridized carbons (Fsp3) is 0.222. The van der Waals surface area contributed by atoms with Crippen LogP contribution in [0.3, 0.4) is 0 Å². The zero-order valence-electron chi connectivity index (χ0n) is 10.2. The molecule has 0 unspecified atom stereocenters. The van der Waals surface area contributed by atoms with E-state index in [0.29, 0.717) is 0 Å². The van der Waals surface area contributed by atoms with Gasteiger partial charge in [-0.05, 0) is 13.8 Å². The Labute approximate surface area is 107 Å². The molecule has 10 nitrogen and oxygen atoms in total. The minimum absolute atomic E-state index is 0.0188. The van der Waals surface area contributed by atoms with E-state index >= 15 is 0 Å². The van der Waals surface area contributed by atoms with E-state index in [2.05, 4.69) is 25.6 Å². The van der Waals surface area contributed by atoms with Crippen molar-refractivity contribution in [3.05, 3.63) is 27.6 Å². The summed E-state index contributed by atoms with van der Waals surface area (Å²) < 4.78 is 5.28. The second kappa shape index (κ2) is 4.86. The van der Waals surface area contributed by atoms with E-state index in [0.717, 1.165) is 5.69 Å². The van der Waals surface area contributed by atoms with E-state index in [4.69, 9.17) is 10.6 Å². The lowest BCUT2D eigenvalue weighted by Gasteiger charge is -2.06. The molecule has 10 heteroatoms. The molecule has 0 saturated carbocycles. The van der Waals surface area contributed by atoms with Gasteiger partial charge in [0.2, 0.25) is 11.8 Å². The molecule has 0 aliphatic heterocycles. The molecule has 0 bridgehead atoms. The van der Waals surface area contributed by atoms with E-state index in [1.54, 1.807) is 13.0 Å². The van der Waals surface area contributed by atoms with Crippen LogP contribution in [0.1, 0.15) is 11.4 Å². The van der Waals surface area contributed by atoms with Gasteiger partial charge >= 0.3 is 11.6 Å². The molecule has 2 aromatic rings. The highest BCUT2D eigenvalue weighted by Gasteiger charge is 2.24. The van der Waals surface area contributed by atoms with Crippen LogP contribution in [-0.2, 0) is 0 Å². The van der Waals surface area contributed by atoms with Crippen LogP contribution < -0.4 is 16.0 Å². The number of hydrogen-bond donors (Lipinski definition) is 3. The molecular formula is C9H11N7O3. The second-order valence-corrected chi connectivity index (χ2v) is 3.68. The fourth-order valence-electron chi connectivity index (χ4n) is 1.43. The summed E-state index contributed by atoms with van der Waals surface area (Å²) in [6, 6.07) is 1.58. The first kappa shape index (κ1) is 12.7. The van der Waals surface area contributed by atoms with Crippen LogP contribution in [0.2, 0.25) is 0 Å². The number of aromatic nitrogens is 4. The third-order valence-electron chi connectivity index (χ3n) is 2.22. The lowest BCUT2D eigenvalue weighted by molar-refractivity contribution is -0.386. The number of H-pyrrole nitrogens is 1. The summed E-state index contributed by atoms with van der Waals surface area (Å²) in [4.78, 5) is 18.0. The molecule has 2 rings (SSSR count). The molecule has 0 fully saturated rings. The van der Waals surface area contributed by atoms with Crippen molar-refractivity contribution < 1.29 is 9.66 Å². The first-order chi connectivity index (χ1) is 9.01. The SMILES string of the molecule is Cc1cc(Oc2nc(NN)nc(C)c2[N+](=O)[O-])n[nH]1. The summed E-state index contributed by atoms with van der Waals surface area (Å²) in [6.45, 7) is 3.23. The van der Waals surface area contributed by atoms with Gasteiger partial charge in [0.05, 0.1) is 4.92 Å². The van der Waals surface area contributed by atoms with Crippen LogP contribution in [0.15, 0.2) is 6.07 Å². The van der Waals surface area contributed by atoms with Crippen LogP contribution in [0.25, 0.3) is 0 Å². The first-order valence-corrected chi connectivity index (χ1v) is 5.20. The Morgan fingerprint density at radius 3 is 2.74 bits per heavy atom. The smallest absolute Gasteiger partial charge is 0.352 e. The van der Waals surface area contributed by atoms with Crippen LogP contribution in [0, 0.1) is 24.0 Å². The maximum absolute atomic E-state index is 11.0. The van der Waals surface area contributed by atoms with Crippen molar-refractivity contribution in [1.29, 1.82) is 0 Å². The second-order valence-electron chi connectivity index (χ2n) is 3.68. The topological polar surface area (TPSA) is 145 Å². The maximum Gasteiger partial charge on any atom is 0.352 e. The van der Waals surface area contributed by atoms with Crippen molar-refractivity contribution in [3.63, 3.8) is 0 Å². The molecule has 0 aromatic carbocycles.